The van der Waals surface area contributed by atoms with Crippen LogP contribution in [0.4, 0.5) is 0 Å². The van der Waals surface area contributed by atoms with Crippen LogP contribution in [0.15, 0.2) is 12.4 Å². The molecule has 0 saturated heterocycles. The van der Waals surface area contributed by atoms with Crippen molar-refractivity contribution < 1.29 is 5.11 Å². The summed E-state index contributed by atoms with van der Waals surface area (Å²) in [5.74, 6) is 0.795. The monoisotopic (exact) mass is 180 g/mol. The first-order chi connectivity index (χ1) is 6.15. The van der Waals surface area contributed by atoms with Crippen molar-refractivity contribution in [3.05, 3.63) is 23.8 Å². The van der Waals surface area contributed by atoms with Crippen LogP contribution >= 0.6 is 0 Å². The van der Waals surface area contributed by atoms with E-state index >= 15 is 0 Å². The largest absolute Gasteiger partial charge is 0.393 e. The van der Waals surface area contributed by atoms with Crippen LogP contribution in [0.3, 0.4) is 0 Å². The number of rotatable bonds is 3. The van der Waals surface area contributed by atoms with Gasteiger partial charge in [-0.3, -0.25) is 0 Å². The topological polar surface area (TPSA) is 46.0 Å². The van der Waals surface area contributed by atoms with Gasteiger partial charge in [0, 0.05) is 18.3 Å². The van der Waals surface area contributed by atoms with Crippen LogP contribution in [0.1, 0.15) is 37.6 Å². The number of nitrogens with zero attached hydrogens (tertiary/aromatic N) is 2. The van der Waals surface area contributed by atoms with Gasteiger partial charge in [-0.05, 0) is 25.8 Å². The van der Waals surface area contributed by atoms with Crippen LogP contribution in [0.2, 0.25) is 0 Å². The molecule has 1 aromatic rings. The number of aliphatic hydroxyl groups excluding tert-OH is 1. The predicted octanol–water partition coefficient (Wildman–Crippen LogP) is 1.66. The number of hydrogen-bond donors (Lipinski definition) is 1. The Labute approximate surface area is 78.9 Å². The molecule has 0 spiro atoms. The molecule has 0 bridgehead atoms. The van der Waals surface area contributed by atoms with Gasteiger partial charge in [-0.2, -0.15) is 0 Å². The Kier molecular flexibility index (Phi) is 3.37. The van der Waals surface area contributed by atoms with Crippen molar-refractivity contribution in [3.63, 3.8) is 0 Å². The SMILES string of the molecule is CCC(c1ncc(C)cn1)C(C)O. The molecule has 13 heavy (non-hydrogen) atoms. The van der Waals surface area contributed by atoms with E-state index in [2.05, 4.69) is 9.97 Å². The molecule has 1 N–H and O–H groups in total. The molecular formula is C10H16N2O. The zero-order chi connectivity index (χ0) is 9.84. The van der Waals surface area contributed by atoms with Crippen LogP contribution in [0.5, 0.6) is 0 Å². The number of hydrogen-bond acceptors (Lipinski definition) is 3. The molecule has 72 valence electrons. The number of aryl methyl sites for hydroxylation is 1. The Bertz CT molecular complexity index is 256. The smallest absolute Gasteiger partial charge is 0.133 e. The average molecular weight is 180 g/mol. The lowest BCUT2D eigenvalue weighted by molar-refractivity contribution is 0.156. The van der Waals surface area contributed by atoms with Crippen LogP contribution < -0.4 is 0 Å². The standard InChI is InChI=1S/C10H16N2O/c1-4-9(8(3)13)10-11-5-7(2)6-12-10/h5-6,8-9,13H,4H2,1-3H3. The molecule has 0 amide bonds. The zero-order valence-electron chi connectivity index (χ0n) is 8.36. The molecular weight excluding hydrogens is 164 g/mol. The Morgan fingerprint density at radius 3 is 2.31 bits per heavy atom. The van der Waals surface area contributed by atoms with Crippen molar-refractivity contribution in [1.82, 2.24) is 9.97 Å². The lowest BCUT2D eigenvalue weighted by Crippen LogP contribution is -2.16. The van der Waals surface area contributed by atoms with Crippen LogP contribution in [-0.4, -0.2) is 21.2 Å². The van der Waals surface area contributed by atoms with Gasteiger partial charge >= 0.3 is 0 Å². The maximum absolute atomic E-state index is 9.45. The van der Waals surface area contributed by atoms with Gasteiger partial charge in [-0.1, -0.05) is 6.92 Å². The lowest BCUT2D eigenvalue weighted by atomic mass is 10.00. The highest BCUT2D eigenvalue weighted by Gasteiger charge is 2.17. The van der Waals surface area contributed by atoms with Gasteiger partial charge in [0.2, 0.25) is 0 Å². The summed E-state index contributed by atoms with van der Waals surface area (Å²) in [5, 5.41) is 9.45. The maximum atomic E-state index is 9.45. The minimum Gasteiger partial charge on any atom is -0.393 e. The van der Waals surface area contributed by atoms with Crippen molar-refractivity contribution in [3.8, 4) is 0 Å². The molecule has 0 aromatic carbocycles. The van der Waals surface area contributed by atoms with Crippen LogP contribution in [0, 0.1) is 6.92 Å². The Balaban J connectivity index is 2.86. The van der Waals surface area contributed by atoms with E-state index in [1.165, 1.54) is 0 Å². The fourth-order valence-corrected chi connectivity index (χ4v) is 1.33. The third kappa shape index (κ3) is 2.49. The molecule has 0 fully saturated rings. The van der Waals surface area contributed by atoms with Crippen molar-refractivity contribution in [1.29, 1.82) is 0 Å². The average Bonchev–Trinajstić information content (AvgIpc) is 2.09. The first-order valence-corrected chi connectivity index (χ1v) is 4.61. The lowest BCUT2D eigenvalue weighted by Gasteiger charge is -2.15. The molecule has 1 rings (SSSR count). The maximum Gasteiger partial charge on any atom is 0.133 e. The first-order valence-electron chi connectivity index (χ1n) is 4.61. The second kappa shape index (κ2) is 4.33. The molecule has 3 heteroatoms. The molecule has 1 aromatic heterocycles. The van der Waals surface area contributed by atoms with E-state index < -0.39 is 0 Å². The summed E-state index contributed by atoms with van der Waals surface area (Å²) in [6, 6.07) is 0. The normalized spacial score (nSPS) is 15.4. The second-order valence-corrected chi connectivity index (χ2v) is 3.37. The fourth-order valence-electron chi connectivity index (χ4n) is 1.33. The fraction of sp³-hybridized carbons (Fsp3) is 0.600. The van der Waals surface area contributed by atoms with Gasteiger partial charge in [0.05, 0.1) is 6.10 Å². The van der Waals surface area contributed by atoms with Crippen molar-refractivity contribution in [2.45, 2.75) is 39.2 Å². The summed E-state index contributed by atoms with van der Waals surface area (Å²) in [7, 11) is 0. The summed E-state index contributed by atoms with van der Waals surface area (Å²) in [4.78, 5) is 8.40. The van der Waals surface area contributed by atoms with Gasteiger partial charge in [0.25, 0.3) is 0 Å². The molecule has 2 atom stereocenters. The van der Waals surface area contributed by atoms with Crippen molar-refractivity contribution in [2.24, 2.45) is 0 Å². The van der Waals surface area contributed by atoms with Crippen molar-refractivity contribution >= 4 is 0 Å². The number of aliphatic hydroxyl groups is 1. The molecule has 0 saturated carbocycles. The Morgan fingerprint density at radius 2 is 1.92 bits per heavy atom. The zero-order valence-corrected chi connectivity index (χ0v) is 8.36. The first kappa shape index (κ1) is 10.1. The minimum absolute atomic E-state index is 0.0561. The quantitative estimate of drug-likeness (QED) is 0.769. The highest BCUT2D eigenvalue weighted by atomic mass is 16.3. The van der Waals surface area contributed by atoms with Gasteiger partial charge < -0.3 is 5.11 Å². The van der Waals surface area contributed by atoms with E-state index in [4.69, 9.17) is 0 Å². The molecule has 0 aliphatic carbocycles. The van der Waals surface area contributed by atoms with Crippen molar-refractivity contribution in [2.75, 3.05) is 0 Å². The second-order valence-electron chi connectivity index (χ2n) is 3.37. The Morgan fingerprint density at radius 1 is 1.38 bits per heavy atom. The number of aromatic nitrogens is 2. The van der Waals surface area contributed by atoms with Gasteiger partial charge in [0.15, 0.2) is 0 Å². The van der Waals surface area contributed by atoms with E-state index in [1.807, 2.05) is 13.8 Å². The minimum atomic E-state index is -0.382. The van der Waals surface area contributed by atoms with Crippen LogP contribution in [-0.2, 0) is 0 Å². The summed E-state index contributed by atoms with van der Waals surface area (Å²) in [5.41, 5.74) is 1.05. The highest BCUT2D eigenvalue weighted by molar-refractivity contribution is 5.05. The molecule has 0 aliphatic rings. The molecule has 2 unspecified atom stereocenters. The van der Waals surface area contributed by atoms with Gasteiger partial charge in [0.1, 0.15) is 5.82 Å². The molecule has 0 aliphatic heterocycles. The molecule has 0 radical (unpaired) electrons. The van der Waals surface area contributed by atoms with E-state index in [1.54, 1.807) is 19.3 Å². The van der Waals surface area contributed by atoms with E-state index in [0.717, 1.165) is 17.8 Å². The van der Waals surface area contributed by atoms with Crippen LogP contribution in [0.25, 0.3) is 0 Å². The van der Waals surface area contributed by atoms with E-state index in [9.17, 15) is 5.11 Å². The molecule has 1 heterocycles. The van der Waals surface area contributed by atoms with E-state index in [0.29, 0.717) is 0 Å². The predicted molar refractivity (Wildman–Crippen MR) is 51.5 cm³/mol. The summed E-state index contributed by atoms with van der Waals surface area (Å²) < 4.78 is 0. The third-order valence-corrected chi connectivity index (χ3v) is 2.15. The van der Waals surface area contributed by atoms with Gasteiger partial charge in [-0.25, -0.2) is 9.97 Å². The van der Waals surface area contributed by atoms with E-state index in [-0.39, 0.29) is 12.0 Å². The highest BCUT2D eigenvalue weighted by Crippen LogP contribution is 2.19. The Hall–Kier alpha value is -0.960. The summed E-state index contributed by atoms with van der Waals surface area (Å²) in [6.07, 6.45) is 4.05. The third-order valence-electron chi connectivity index (χ3n) is 2.15. The van der Waals surface area contributed by atoms with Gasteiger partial charge in [-0.15, -0.1) is 0 Å². The molecule has 3 nitrogen and oxygen atoms in total. The summed E-state index contributed by atoms with van der Waals surface area (Å²) in [6.45, 7) is 5.76. The summed E-state index contributed by atoms with van der Waals surface area (Å²) >= 11 is 0.